The molecule has 0 saturated carbocycles. The van der Waals surface area contributed by atoms with Crippen molar-refractivity contribution in [2.45, 2.75) is 33.1 Å². The van der Waals surface area contributed by atoms with Crippen LogP contribution in [0.4, 0.5) is 0 Å². The van der Waals surface area contributed by atoms with Crippen LogP contribution in [0, 0.1) is 12.3 Å². The molecule has 0 unspecified atom stereocenters. The van der Waals surface area contributed by atoms with E-state index in [0.717, 1.165) is 0 Å². The Hall–Kier alpha value is -1.95. The molecule has 0 aliphatic carbocycles. The molecule has 1 aliphatic rings. The standard InChI is InChI=1S/C14H19NO7.C2H6/c1-2-6-19-8-10-21-11-9-20-7-5-14(18)22-15-12(16)3-4-13(15)17;1-2/h1H,3-11H2;1-2H3. The molecule has 136 valence electrons. The van der Waals surface area contributed by atoms with Crippen LogP contribution in [-0.2, 0) is 33.4 Å². The lowest BCUT2D eigenvalue weighted by Gasteiger charge is -2.12. The van der Waals surface area contributed by atoms with E-state index in [-0.39, 0.29) is 32.5 Å². The van der Waals surface area contributed by atoms with E-state index < -0.39 is 17.8 Å². The molecule has 24 heavy (non-hydrogen) atoms. The molecule has 0 spiro atoms. The predicted octanol–water partition coefficient (Wildman–Crippen LogP) is 0.693. The van der Waals surface area contributed by atoms with E-state index in [0.29, 0.717) is 31.5 Å². The third kappa shape index (κ3) is 9.94. The first kappa shape index (κ1) is 22.1. The molecule has 0 aromatic heterocycles. The fourth-order valence-corrected chi connectivity index (χ4v) is 1.53. The summed E-state index contributed by atoms with van der Waals surface area (Å²) in [5.41, 5.74) is 0. The minimum Gasteiger partial charge on any atom is -0.378 e. The summed E-state index contributed by atoms with van der Waals surface area (Å²) in [5.74, 6) is 0.648. The zero-order valence-corrected chi connectivity index (χ0v) is 14.2. The number of hydrogen-bond donors (Lipinski definition) is 0. The first-order valence-corrected chi connectivity index (χ1v) is 7.88. The van der Waals surface area contributed by atoms with Crippen molar-refractivity contribution < 1.29 is 33.4 Å². The van der Waals surface area contributed by atoms with Crippen LogP contribution in [0.3, 0.4) is 0 Å². The van der Waals surface area contributed by atoms with Crippen LogP contribution in [0.25, 0.3) is 0 Å². The molecule has 0 aromatic carbocycles. The summed E-state index contributed by atoms with van der Waals surface area (Å²) in [6.45, 7) is 5.86. The second kappa shape index (κ2) is 14.6. The van der Waals surface area contributed by atoms with Gasteiger partial charge >= 0.3 is 5.97 Å². The lowest BCUT2D eigenvalue weighted by molar-refractivity contribution is -0.198. The summed E-state index contributed by atoms with van der Waals surface area (Å²) in [6, 6.07) is 0. The largest absolute Gasteiger partial charge is 0.378 e. The highest BCUT2D eigenvalue weighted by molar-refractivity contribution is 6.01. The van der Waals surface area contributed by atoms with Gasteiger partial charge in [-0.1, -0.05) is 19.8 Å². The number of carbonyl (C=O) groups excluding carboxylic acids is 3. The van der Waals surface area contributed by atoms with Crippen LogP contribution in [0.2, 0.25) is 0 Å². The Morgan fingerprint density at radius 2 is 1.50 bits per heavy atom. The smallest absolute Gasteiger partial charge is 0.335 e. The first-order chi connectivity index (χ1) is 11.6. The molecule has 0 N–H and O–H groups in total. The van der Waals surface area contributed by atoms with Gasteiger partial charge in [-0.25, -0.2) is 4.79 Å². The Morgan fingerprint density at radius 3 is 2.04 bits per heavy atom. The average Bonchev–Trinajstić information content (AvgIpc) is 2.90. The molecule has 1 rings (SSSR count). The third-order valence-corrected chi connectivity index (χ3v) is 2.58. The summed E-state index contributed by atoms with van der Waals surface area (Å²) >= 11 is 0. The number of amides is 2. The lowest BCUT2D eigenvalue weighted by Crippen LogP contribution is -2.32. The maximum Gasteiger partial charge on any atom is 0.335 e. The summed E-state index contributed by atoms with van der Waals surface area (Å²) in [4.78, 5) is 38.5. The van der Waals surface area contributed by atoms with Crippen molar-refractivity contribution in [1.29, 1.82) is 0 Å². The lowest BCUT2D eigenvalue weighted by atomic mass is 10.4. The zero-order chi connectivity index (χ0) is 18.2. The van der Waals surface area contributed by atoms with E-state index in [1.807, 2.05) is 13.8 Å². The van der Waals surface area contributed by atoms with Crippen LogP contribution in [0.15, 0.2) is 0 Å². The number of nitrogens with zero attached hydrogens (tertiary/aromatic N) is 1. The van der Waals surface area contributed by atoms with E-state index in [2.05, 4.69) is 10.8 Å². The zero-order valence-electron chi connectivity index (χ0n) is 14.2. The minimum absolute atomic E-state index is 0.0532. The van der Waals surface area contributed by atoms with Crippen LogP contribution >= 0.6 is 0 Å². The number of hydrogen-bond acceptors (Lipinski definition) is 7. The van der Waals surface area contributed by atoms with Crippen molar-refractivity contribution in [2.75, 3.05) is 39.6 Å². The van der Waals surface area contributed by atoms with Crippen LogP contribution < -0.4 is 0 Å². The van der Waals surface area contributed by atoms with Gasteiger partial charge < -0.3 is 19.0 Å². The van der Waals surface area contributed by atoms with Crippen molar-refractivity contribution >= 4 is 17.8 Å². The number of carbonyl (C=O) groups is 3. The average molecular weight is 343 g/mol. The quantitative estimate of drug-likeness (QED) is 0.310. The molecule has 2 amide bonds. The molecular formula is C16H25NO7. The number of terminal acetylenes is 1. The molecular weight excluding hydrogens is 318 g/mol. The number of ether oxygens (including phenoxy) is 3. The first-order valence-electron chi connectivity index (χ1n) is 7.88. The van der Waals surface area contributed by atoms with Crippen LogP contribution in [-0.4, -0.2) is 62.5 Å². The van der Waals surface area contributed by atoms with Crippen LogP contribution in [0.1, 0.15) is 33.1 Å². The molecule has 0 bridgehead atoms. The van der Waals surface area contributed by atoms with Gasteiger partial charge in [0.25, 0.3) is 11.8 Å². The van der Waals surface area contributed by atoms with Crippen LogP contribution in [0.5, 0.6) is 0 Å². The molecule has 1 fully saturated rings. The summed E-state index contributed by atoms with van der Waals surface area (Å²) in [6.07, 6.45) is 5.10. The second-order valence-corrected chi connectivity index (χ2v) is 4.28. The van der Waals surface area contributed by atoms with Gasteiger partial charge in [0.1, 0.15) is 6.61 Å². The number of imide groups is 1. The van der Waals surface area contributed by atoms with E-state index >= 15 is 0 Å². The molecule has 1 aliphatic heterocycles. The van der Waals surface area contributed by atoms with Crippen molar-refractivity contribution in [2.24, 2.45) is 0 Å². The Morgan fingerprint density at radius 1 is 1.00 bits per heavy atom. The molecule has 1 heterocycles. The van der Waals surface area contributed by atoms with E-state index in [4.69, 9.17) is 20.6 Å². The van der Waals surface area contributed by atoms with Crippen molar-refractivity contribution in [3.63, 3.8) is 0 Å². The van der Waals surface area contributed by atoms with E-state index in [9.17, 15) is 14.4 Å². The predicted molar refractivity (Wildman–Crippen MR) is 84.4 cm³/mol. The SMILES string of the molecule is C#CCOCCOCCOCCC(=O)ON1C(=O)CCC1=O.CC. The number of rotatable bonds is 11. The van der Waals surface area contributed by atoms with E-state index in [1.165, 1.54) is 0 Å². The Kier molecular flexibility index (Phi) is 13.4. The minimum atomic E-state index is -0.688. The Balaban J connectivity index is 0.00000254. The highest BCUT2D eigenvalue weighted by atomic mass is 16.7. The van der Waals surface area contributed by atoms with Crippen molar-refractivity contribution in [1.82, 2.24) is 5.06 Å². The fourth-order valence-electron chi connectivity index (χ4n) is 1.53. The maximum atomic E-state index is 11.4. The van der Waals surface area contributed by atoms with Gasteiger partial charge in [-0.05, 0) is 0 Å². The van der Waals surface area contributed by atoms with Gasteiger partial charge in [0.15, 0.2) is 0 Å². The van der Waals surface area contributed by atoms with Gasteiger partial charge in [0, 0.05) is 12.8 Å². The fraction of sp³-hybridized carbons (Fsp3) is 0.688. The monoisotopic (exact) mass is 343 g/mol. The van der Waals surface area contributed by atoms with Crippen molar-refractivity contribution in [3.05, 3.63) is 0 Å². The van der Waals surface area contributed by atoms with Gasteiger partial charge in [-0.15, -0.1) is 11.5 Å². The molecule has 8 nitrogen and oxygen atoms in total. The van der Waals surface area contributed by atoms with Gasteiger partial charge in [-0.2, -0.15) is 0 Å². The highest BCUT2D eigenvalue weighted by Gasteiger charge is 2.32. The van der Waals surface area contributed by atoms with E-state index in [1.54, 1.807) is 0 Å². The topological polar surface area (TPSA) is 91.4 Å². The van der Waals surface area contributed by atoms with Gasteiger partial charge in [0.2, 0.25) is 0 Å². The maximum absolute atomic E-state index is 11.4. The molecule has 0 aromatic rings. The Bertz CT molecular complexity index is 415. The third-order valence-electron chi connectivity index (χ3n) is 2.58. The molecule has 1 saturated heterocycles. The second-order valence-electron chi connectivity index (χ2n) is 4.28. The highest BCUT2D eigenvalue weighted by Crippen LogP contribution is 2.12. The molecule has 8 heteroatoms. The summed E-state index contributed by atoms with van der Waals surface area (Å²) < 4.78 is 15.4. The van der Waals surface area contributed by atoms with Gasteiger partial charge in [0.05, 0.1) is 39.5 Å². The van der Waals surface area contributed by atoms with Crippen molar-refractivity contribution in [3.8, 4) is 12.3 Å². The molecule has 0 radical (unpaired) electrons. The normalized spacial score (nSPS) is 13.3. The summed E-state index contributed by atoms with van der Waals surface area (Å²) in [7, 11) is 0. The Labute approximate surface area is 142 Å². The summed E-state index contributed by atoms with van der Waals surface area (Å²) in [5, 5.41) is 0.516. The number of hydroxylamine groups is 2. The van der Waals surface area contributed by atoms with Gasteiger partial charge in [-0.3, -0.25) is 9.59 Å². The molecule has 0 atom stereocenters.